The van der Waals surface area contributed by atoms with Gasteiger partial charge in [0, 0.05) is 5.57 Å². The van der Waals surface area contributed by atoms with Crippen molar-refractivity contribution < 1.29 is 9.53 Å². The van der Waals surface area contributed by atoms with Crippen molar-refractivity contribution in [2.45, 2.75) is 26.7 Å². The highest BCUT2D eigenvalue weighted by Gasteiger charge is 2.05. The van der Waals surface area contributed by atoms with Gasteiger partial charge < -0.3 is 4.74 Å². The smallest absolute Gasteiger partial charge is 0.333 e. The van der Waals surface area contributed by atoms with Crippen LogP contribution in [0.3, 0.4) is 0 Å². The number of carbonyl (C=O) groups excluding carboxylic acids is 1. The van der Waals surface area contributed by atoms with Gasteiger partial charge in [-0.25, -0.2) is 4.79 Å². The topological polar surface area (TPSA) is 26.3 Å². The SMILES string of the molecule is C/C=C(/CCC)C(=O)OC. The predicted molar refractivity (Wildman–Crippen MR) is 40.7 cm³/mol. The molecule has 0 aliphatic rings. The van der Waals surface area contributed by atoms with Crippen molar-refractivity contribution >= 4 is 5.97 Å². The summed E-state index contributed by atoms with van der Waals surface area (Å²) in [6.07, 6.45) is 3.59. The van der Waals surface area contributed by atoms with E-state index >= 15 is 0 Å². The van der Waals surface area contributed by atoms with Gasteiger partial charge in [0.1, 0.15) is 0 Å². The van der Waals surface area contributed by atoms with Crippen LogP contribution in [0.15, 0.2) is 11.6 Å². The lowest BCUT2D eigenvalue weighted by Crippen LogP contribution is -2.03. The summed E-state index contributed by atoms with van der Waals surface area (Å²) >= 11 is 0. The normalized spacial score (nSPS) is 11.3. The number of allylic oxidation sites excluding steroid dienone is 1. The molecule has 0 unspecified atom stereocenters. The van der Waals surface area contributed by atoms with Gasteiger partial charge in [-0.2, -0.15) is 0 Å². The van der Waals surface area contributed by atoms with Crippen molar-refractivity contribution in [2.24, 2.45) is 0 Å². The van der Waals surface area contributed by atoms with E-state index in [1.807, 2.05) is 13.8 Å². The molecule has 58 valence electrons. The summed E-state index contributed by atoms with van der Waals surface area (Å²) in [5.74, 6) is -0.204. The van der Waals surface area contributed by atoms with Crippen LogP contribution in [0.5, 0.6) is 0 Å². The summed E-state index contributed by atoms with van der Waals surface area (Å²) in [7, 11) is 1.40. The van der Waals surface area contributed by atoms with Gasteiger partial charge in [0.05, 0.1) is 7.11 Å². The van der Waals surface area contributed by atoms with E-state index in [1.54, 1.807) is 6.08 Å². The van der Waals surface area contributed by atoms with E-state index in [0.29, 0.717) is 0 Å². The second-order valence-corrected chi connectivity index (χ2v) is 2.06. The Labute approximate surface area is 61.9 Å². The van der Waals surface area contributed by atoms with Crippen molar-refractivity contribution in [3.05, 3.63) is 11.6 Å². The lowest BCUT2D eigenvalue weighted by molar-refractivity contribution is -0.136. The zero-order valence-corrected chi connectivity index (χ0v) is 6.81. The maximum atomic E-state index is 10.8. The molecular weight excluding hydrogens is 128 g/mol. The summed E-state index contributed by atoms with van der Waals surface area (Å²) in [5, 5.41) is 0. The highest BCUT2D eigenvalue weighted by atomic mass is 16.5. The Kier molecular flexibility index (Phi) is 4.63. The number of esters is 1. The van der Waals surface area contributed by atoms with Crippen molar-refractivity contribution in [1.29, 1.82) is 0 Å². The Bertz CT molecular complexity index is 136. The van der Waals surface area contributed by atoms with Crippen LogP contribution < -0.4 is 0 Å². The fourth-order valence-corrected chi connectivity index (χ4v) is 0.765. The zero-order valence-electron chi connectivity index (χ0n) is 6.81. The molecule has 2 nitrogen and oxygen atoms in total. The summed E-state index contributed by atoms with van der Waals surface area (Å²) in [6, 6.07) is 0. The van der Waals surface area contributed by atoms with E-state index in [0.717, 1.165) is 18.4 Å². The van der Waals surface area contributed by atoms with Crippen molar-refractivity contribution in [3.63, 3.8) is 0 Å². The Balaban J connectivity index is 3.95. The van der Waals surface area contributed by atoms with E-state index in [-0.39, 0.29) is 5.97 Å². The summed E-state index contributed by atoms with van der Waals surface area (Å²) in [5.41, 5.74) is 0.769. The van der Waals surface area contributed by atoms with E-state index in [1.165, 1.54) is 7.11 Å². The third kappa shape index (κ3) is 2.67. The molecule has 0 amide bonds. The molecule has 0 aromatic carbocycles. The third-order valence-corrected chi connectivity index (χ3v) is 1.32. The Hall–Kier alpha value is -0.790. The first kappa shape index (κ1) is 9.21. The fourth-order valence-electron chi connectivity index (χ4n) is 0.765. The van der Waals surface area contributed by atoms with Crippen molar-refractivity contribution in [3.8, 4) is 0 Å². The summed E-state index contributed by atoms with van der Waals surface area (Å²) in [6.45, 7) is 3.88. The molecule has 0 aromatic heterocycles. The molecule has 0 spiro atoms. The minimum absolute atomic E-state index is 0.204. The second kappa shape index (κ2) is 5.03. The maximum Gasteiger partial charge on any atom is 0.333 e. The van der Waals surface area contributed by atoms with E-state index in [2.05, 4.69) is 4.74 Å². The summed E-state index contributed by atoms with van der Waals surface area (Å²) in [4.78, 5) is 10.8. The first-order chi connectivity index (χ1) is 4.76. The average Bonchev–Trinajstić information content (AvgIpc) is 1.99. The third-order valence-electron chi connectivity index (χ3n) is 1.32. The van der Waals surface area contributed by atoms with Crippen LogP contribution >= 0.6 is 0 Å². The zero-order chi connectivity index (χ0) is 7.98. The first-order valence-electron chi connectivity index (χ1n) is 3.49. The quantitative estimate of drug-likeness (QED) is 0.444. The van der Waals surface area contributed by atoms with Crippen LogP contribution in [-0.4, -0.2) is 13.1 Å². The predicted octanol–water partition coefficient (Wildman–Crippen LogP) is 1.91. The lowest BCUT2D eigenvalue weighted by Gasteiger charge is -2.00. The molecule has 0 saturated carbocycles. The number of rotatable bonds is 3. The molecular formula is C8H14O2. The van der Waals surface area contributed by atoms with Crippen LogP contribution in [0.1, 0.15) is 26.7 Å². The molecule has 0 N–H and O–H groups in total. The Morgan fingerprint density at radius 3 is 2.50 bits per heavy atom. The van der Waals surface area contributed by atoms with Gasteiger partial charge in [0.2, 0.25) is 0 Å². The molecule has 0 aliphatic carbocycles. The van der Waals surface area contributed by atoms with Crippen LogP contribution in [0.4, 0.5) is 0 Å². The largest absolute Gasteiger partial charge is 0.466 e. The van der Waals surface area contributed by atoms with Gasteiger partial charge in [0.15, 0.2) is 0 Å². The van der Waals surface area contributed by atoms with Crippen molar-refractivity contribution in [1.82, 2.24) is 0 Å². The summed E-state index contributed by atoms with van der Waals surface area (Å²) < 4.78 is 4.55. The molecule has 0 atom stereocenters. The average molecular weight is 142 g/mol. The number of hydrogen-bond donors (Lipinski definition) is 0. The molecule has 10 heavy (non-hydrogen) atoms. The van der Waals surface area contributed by atoms with Gasteiger partial charge in [-0.3, -0.25) is 0 Å². The maximum absolute atomic E-state index is 10.8. The van der Waals surface area contributed by atoms with Gasteiger partial charge in [-0.15, -0.1) is 0 Å². The number of hydrogen-bond acceptors (Lipinski definition) is 2. The lowest BCUT2D eigenvalue weighted by atomic mass is 10.1. The van der Waals surface area contributed by atoms with Crippen LogP contribution in [0, 0.1) is 0 Å². The molecule has 0 heterocycles. The van der Waals surface area contributed by atoms with Crippen LogP contribution in [-0.2, 0) is 9.53 Å². The molecule has 0 aliphatic heterocycles. The van der Waals surface area contributed by atoms with E-state index in [9.17, 15) is 4.79 Å². The number of ether oxygens (including phenoxy) is 1. The van der Waals surface area contributed by atoms with Gasteiger partial charge in [-0.1, -0.05) is 19.4 Å². The monoisotopic (exact) mass is 142 g/mol. The minimum atomic E-state index is -0.204. The van der Waals surface area contributed by atoms with E-state index < -0.39 is 0 Å². The molecule has 0 bridgehead atoms. The number of carbonyl (C=O) groups is 1. The van der Waals surface area contributed by atoms with Gasteiger partial charge in [-0.05, 0) is 13.3 Å². The molecule has 0 radical (unpaired) electrons. The molecule has 0 aromatic rings. The van der Waals surface area contributed by atoms with Crippen molar-refractivity contribution in [2.75, 3.05) is 7.11 Å². The standard InChI is InChI=1S/C8H14O2/c1-4-6-7(5-2)8(9)10-3/h5H,4,6H2,1-3H3/b7-5-. The van der Waals surface area contributed by atoms with Crippen LogP contribution in [0.25, 0.3) is 0 Å². The Morgan fingerprint density at radius 1 is 1.60 bits per heavy atom. The second-order valence-electron chi connectivity index (χ2n) is 2.06. The number of methoxy groups -OCH3 is 1. The minimum Gasteiger partial charge on any atom is -0.466 e. The molecule has 0 saturated heterocycles. The van der Waals surface area contributed by atoms with Crippen LogP contribution in [0.2, 0.25) is 0 Å². The highest BCUT2D eigenvalue weighted by Crippen LogP contribution is 2.05. The molecule has 0 fully saturated rings. The van der Waals surface area contributed by atoms with Gasteiger partial charge in [0.25, 0.3) is 0 Å². The van der Waals surface area contributed by atoms with Gasteiger partial charge >= 0.3 is 5.97 Å². The Morgan fingerprint density at radius 2 is 2.20 bits per heavy atom. The fraction of sp³-hybridized carbons (Fsp3) is 0.625. The van der Waals surface area contributed by atoms with E-state index in [4.69, 9.17) is 0 Å². The highest BCUT2D eigenvalue weighted by molar-refractivity contribution is 5.88. The molecule has 2 heteroatoms. The molecule has 0 rings (SSSR count). The first-order valence-corrected chi connectivity index (χ1v) is 3.49.